The van der Waals surface area contributed by atoms with Crippen molar-refractivity contribution in [3.8, 4) is 0 Å². The SMILES string of the molecule is C1CC2CCC34C(C1)CC3C1C3C5CC6CCCC7CCC65C35CCC7C2CCC145. The Hall–Kier alpha value is 0. The van der Waals surface area contributed by atoms with Crippen molar-refractivity contribution >= 4 is 0 Å². The van der Waals surface area contributed by atoms with Gasteiger partial charge in [0.15, 0.2) is 0 Å². The summed E-state index contributed by atoms with van der Waals surface area (Å²) in [5, 5.41) is 0. The lowest BCUT2D eigenvalue weighted by atomic mass is 9.00. The van der Waals surface area contributed by atoms with E-state index in [1.165, 1.54) is 35.5 Å². The van der Waals surface area contributed by atoms with Crippen LogP contribution in [0.1, 0.15) is 103 Å². The first kappa shape index (κ1) is 16.6. The van der Waals surface area contributed by atoms with Gasteiger partial charge in [-0.1, -0.05) is 25.7 Å². The minimum Gasteiger partial charge on any atom is -0.0527 e. The van der Waals surface area contributed by atoms with Crippen LogP contribution in [0.3, 0.4) is 0 Å². The van der Waals surface area contributed by atoms with E-state index in [2.05, 4.69) is 0 Å². The van der Waals surface area contributed by atoms with E-state index < -0.39 is 0 Å². The lowest BCUT2D eigenvalue weighted by Gasteiger charge is -3.04. The summed E-state index contributed by atoms with van der Waals surface area (Å²) in [4.78, 5) is 0. The third kappa shape index (κ3) is 1.19. The summed E-state index contributed by atoms with van der Waals surface area (Å²) in [6.45, 7) is 0. The van der Waals surface area contributed by atoms with Gasteiger partial charge in [0.25, 0.3) is 0 Å². The van der Waals surface area contributed by atoms with Gasteiger partial charge in [0.1, 0.15) is 0 Å². The molecule has 10 aliphatic rings. The second-order valence-corrected chi connectivity index (χ2v) is 15.0. The fraction of sp³-hybridized carbons (Fsp3) is 1.00. The predicted molar refractivity (Wildman–Crippen MR) is 119 cm³/mol. The van der Waals surface area contributed by atoms with Crippen molar-refractivity contribution in [2.24, 2.45) is 80.8 Å². The summed E-state index contributed by atoms with van der Waals surface area (Å²) < 4.78 is 0. The quantitative estimate of drug-likeness (QED) is 0.394. The Kier molecular flexibility index (Phi) is 2.57. The van der Waals surface area contributed by atoms with Crippen molar-refractivity contribution in [3.63, 3.8) is 0 Å². The summed E-state index contributed by atoms with van der Waals surface area (Å²) in [6, 6.07) is 0. The van der Waals surface area contributed by atoms with Crippen molar-refractivity contribution in [3.05, 3.63) is 0 Å². The maximum Gasteiger partial charge on any atom is -0.0137 e. The van der Waals surface area contributed by atoms with Crippen molar-refractivity contribution in [2.45, 2.75) is 103 Å². The minimum absolute atomic E-state index is 0.894. The van der Waals surface area contributed by atoms with Crippen LogP contribution in [0.15, 0.2) is 0 Å². The van der Waals surface area contributed by atoms with E-state index >= 15 is 0 Å². The van der Waals surface area contributed by atoms with Gasteiger partial charge in [-0.2, -0.15) is 0 Å². The van der Waals surface area contributed by atoms with Gasteiger partial charge in [-0.25, -0.2) is 0 Å². The largest absolute Gasteiger partial charge is 0.0527 e. The molecule has 10 fully saturated rings. The molecule has 10 rings (SSSR count). The molecular weight excluding hydrogens is 360 g/mol. The molecule has 0 heterocycles. The van der Waals surface area contributed by atoms with Crippen LogP contribution in [0.25, 0.3) is 0 Å². The number of rotatable bonds is 0. The zero-order chi connectivity index (χ0) is 19.1. The molecule has 8 bridgehead atoms. The molecule has 0 heteroatoms. The molecule has 0 amide bonds. The Morgan fingerprint density at radius 1 is 0.467 bits per heavy atom. The van der Waals surface area contributed by atoms with E-state index in [-0.39, 0.29) is 0 Å². The maximum atomic E-state index is 1.74. The Bertz CT molecular complexity index is 780. The lowest BCUT2D eigenvalue weighted by molar-refractivity contribution is -0.572. The topological polar surface area (TPSA) is 0 Å². The standard InChI is InChI=1S/C30H42/c1-3-17-7-11-27-19(5-1)15-23(27)25-26-24-16-20-6-2-4-18-8-12-28(20,24)30(26)14-10-22(18)21(17)9-13-29(25,27)30/h17-26H,1-16H2. The van der Waals surface area contributed by atoms with E-state index in [0.717, 1.165) is 45.3 Å². The van der Waals surface area contributed by atoms with Crippen LogP contribution < -0.4 is 0 Å². The first-order valence-corrected chi connectivity index (χ1v) is 14.8. The van der Waals surface area contributed by atoms with E-state index in [9.17, 15) is 0 Å². The molecule has 0 radical (unpaired) electrons. The highest BCUT2D eigenvalue weighted by Gasteiger charge is 3.01. The van der Waals surface area contributed by atoms with Crippen LogP contribution >= 0.6 is 0 Å². The molecule has 14 atom stereocenters. The molecule has 0 aromatic heterocycles. The van der Waals surface area contributed by atoms with Crippen LogP contribution in [-0.4, -0.2) is 0 Å². The molecular formula is C30H42. The summed E-state index contributed by atoms with van der Waals surface area (Å²) in [5.74, 6) is 11.9. The van der Waals surface area contributed by atoms with Gasteiger partial charge in [0, 0.05) is 0 Å². The normalized spacial score (nSPS) is 74.4. The highest BCUT2D eigenvalue weighted by atomic mass is 15.0. The first-order chi connectivity index (χ1) is 14.8. The van der Waals surface area contributed by atoms with Crippen LogP contribution in [0, 0.1) is 80.8 Å². The monoisotopic (exact) mass is 402 g/mol. The van der Waals surface area contributed by atoms with Gasteiger partial charge in [0.05, 0.1) is 0 Å². The molecule has 0 aromatic carbocycles. The van der Waals surface area contributed by atoms with Gasteiger partial charge >= 0.3 is 0 Å². The molecule has 0 saturated heterocycles. The zero-order valence-corrected chi connectivity index (χ0v) is 19.1. The molecule has 0 aromatic rings. The second-order valence-electron chi connectivity index (χ2n) is 15.0. The average molecular weight is 403 g/mol. The molecule has 30 heavy (non-hydrogen) atoms. The number of fused-ring (bicyclic) bond motifs is 14. The Balaban J connectivity index is 1.26. The van der Waals surface area contributed by atoms with Crippen molar-refractivity contribution in [2.75, 3.05) is 0 Å². The molecule has 10 saturated carbocycles. The zero-order valence-electron chi connectivity index (χ0n) is 19.1. The van der Waals surface area contributed by atoms with Crippen LogP contribution in [0.4, 0.5) is 0 Å². The van der Waals surface area contributed by atoms with E-state index in [0.29, 0.717) is 0 Å². The predicted octanol–water partition coefficient (Wildman–Crippen LogP) is 7.47. The minimum atomic E-state index is 0.894. The van der Waals surface area contributed by atoms with Gasteiger partial charge < -0.3 is 0 Å². The van der Waals surface area contributed by atoms with Crippen molar-refractivity contribution in [1.82, 2.24) is 0 Å². The Morgan fingerprint density at radius 3 is 1.47 bits per heavy atom. The van der Waals surface area contributed by atoms with Gasteiger partial charge in [-0.3, -0.25) is 0 Å². The van der Waals surface area contributed by atoms with Crippen LogP contribution in [-0.2, 0) is 0 Å². The third-order valence-corrected chi connectivity index (χ3v) is 16.3. The molecule has 162 valence electrons. The molecule has 0 nitrogen and oxygen atoms in total. The van der Waals surface area contributed by atoms with Gasteiger partial charge in [-0.15, -0.1) is 0 Å². The Morgan fingerprint density at radius 2 is 0.967 bits per heavy atom. The molecule has 0 N–H and O–H groups in total. The molecule has 0 aliphatic heterocycles. The maximum absolute atomic E-state index is 1.74. The fourth-order valence-electron chi connectivity index (χ4n) is 16.5. The highest BCUT2D eigenvalue weighted by Crippen LogP contribution is 3.05. The summed E-state index contributed by atoms with van der Waals surface area (Å²) >= 11 is 0. The van der Waals surface area contributed by atoms with Crippen LogP contribution in [0.5, 0.6) is 0 Å². The summed E-state index contributed by atoms with van der Waals surface area (Å²) in [6.07, 6.45) is 26.9. The van der Waals surface area contributed by atoms with E-state index in [1.807, 2.05) is 0 Å². The summed E-state index contributed by atoms with van der Waals surface area (Å²) in [5.41, 5.74) is 3.58. The molecule has 10 aliphatic carbocycles. The fourth-order valence-corrected chi connectivity index (χ4v) is 16.5. The van der Waals surface area contributed by atoms with Crippen molar-refractivity contribution in [1.29, 1.82) is 0 Å². The lowest BCUT2D eigenvalue weighted by Crippen LogP contribution is -3.00. The first-order valence-electron chi connectivity index (χ1n) is 14.8. The van der Waals surface area contributed by atoms with E-state index in [1.54, 1.807) is 103 Å². The van der Waals surface area contributed by atoms with Gasteiger partial charge in [0.2, 0.25) is 0 Å². The smallest absolute Gasteiger partial charge is 0.0137 e. The van der Waals surface area contributed by atoms with Crippen molar-refractivity contribution < 1.29 is 0 Å². The summed E-state index contributed by atoms with van der Waals surface area (Å²) in [7, 11) is 0. The third-order valence-electron chi connectivity index (χ3n) is 16.3. The highest BCUT2D eigenvalue weighted by molar-refractivity contribution is 5.47. The average Bonchev–Trinajstić information content (AvgIpc) is 2.67. The number of hydrogen-bond acceptors (Lipinski definition) is 0. The van der Waals surface area contributed by atoms with Crippen LogP contribution in [0.2, 0.25) is 0 Å². The van der Waals surface area contributed by atoms with Gasteiger partial charge in [-0.05, 0) is 158 Å². The molecule has 14 unspecified atom stereocenters. The van der Waals surface area contributed by atoms with E-state index in [4.69, 9.17) is 0 Å². The Labute approximate surface area is 183 Å². The molecule has 4 spiro atoms. The second kappa shape index (κ2) is 4.64. The number of hydrogen-bond donors (Lipinski definition) is 0.